The summed E-state index contributed by atoms with van der Waals surface area (Å²) in [5, 5.41) is 0. The highest BCUT2D eigenvalue weighted by Gasteiger charge is 2.08. The molecule has 0 aliphatic rings. The molecule has 2 aromatic rings. The van der Waals surface area contributed by atoms with Gasteiger partial charge in [0.1, 0.15) is 5.75 Å². The number of aryl methyl sites for hydroxylation is 2. The molecular weight excluding hydrogens is 278 g/mol. The first-order valence-corrected chi connectivity index (χ1v) is 7.82. The lowest BCUT2D eigenvalue weighted by Gasteiger charge is -2.14. The zero-order valence-electron chi connectivity index (χ0n) is 13.5. The Morgan fingerprint density at radius 1 is 1.05 bits per heavy atom. The third-order valence-electron chi connectivity index (χ3n) is 3.37. The van der Waals surface area contributed by atoms with Gasteiger partial charge in [-0.1, -0.05) is 19.4 Å². The van der Waals surface area contributed by atoms with Crippen molar-refractivity contribution in [3.63, 3.8) is 0 Å². The molecule has 4 heteroatoms. The molecule has 0 amide bonds. The lowest BCUT2D eigenvalue weighted by atomic mass is 10.1. The third kappa shape index (κ3) is 3.91. The van der Waals surface area contributed by atoms with Crippen LogP contribution in [0.25, 0.3) is 0 Å². The summed E-state index contributed by atoms with van der Waals surface area (Å²) in [6.07, 6.45) is 3.83. The highest BCUT2D eigenvalue weighted by Crippen LogP contribution is 2.32. The number of rotatable bonds is 7. The van der Waals surface area contributed by atoms with Crippen LogP contribution >= 0.6 is 0 Å². The molecule has 0 atom stereocenters. The van der Waals surface area contributed by atoms with Crippen molar-refractivity contribution in [3.05, 3.63) is 52.4 Å². The van der Waals surface area contributed by atoms with Gasteiger partial charge in [0.15, 0.2) is 11.5 Å². The van der Waals surface area contributed by atoms with Gasteiger partial charge in [0.2, 0.25) is 0 Å². The van der Waals surface area contributed by atoms with Crippen LogP contribution in [0.4, 0.5) is 0 Å². The van der Waals surface area contributed by atoms with Crippen molar-refractivity contribution in [3.8, 4) is 17.2 Å². The van der Waals surface area contributed by atoms with Gasteiger partial charge in [-0.2, -0.15) is 0 Å². The monoisotopic (exact) mass is 301 g/mol. The maximum atomic E-state index is 11.6. The Kier molecular flexibility index (Phi) is 5.64. The Morgan fingerprint density at radius 2 is 1.86 bits per heavy atom. The molecular formula is C18H23NO3. The van der Waals surface area contributed by atoms with Crippen molar-refractivity contribution in [1.82, 2.24) is 4.57 Å². The Morgan fingerprint density at radius 3 is 2.55 bits per heavy atom. The van der Waals surface area contributed by atoms with Crippen LogP contribution in [-0.4, -0.2) is 11.2 Å². The molecule has 0 spiro atoms. The quantitative estimate of drug-likeness (QED) is 0.775. The number of ether oxygens (including phenoxy) is 2. The zero-order valence-corrected chi connectivity index (χ0v) is 13.5. The third-order valence-corrected chi connectivity index (χ3v) is 3.37. The van der Waals surface area contributed by atoms with E-state index in [-0.39, 0.29) is 5.56 Å². The van der Waals surface area contributed by atoms with E-state index in [1.165, 1.54) is 11.6 Å². The van der Waals surface area contributed by atoms with Crippen LogP contribution in [0, 0.1) is 0 Å². The summed E-state index contributed by atoms with van der Waals surface area (Å²) >= 11 is 0. The van der Waals surface area contributed by atoms with Gasteiger partial charge in [-0.3, -0.25) is 4.79 Å². The summed E-state index contributed by atoms with van der Waals surface area (Å²) in [4.78, 5) is 11.6. The van der Waals surface area contributed by atoms with Crippen molar-refractivity contribution in [2.24, 2.45) is 0 Å². The highest BCUT2D eigenvalue weighted by atomic mass is 16.5. The van der Waals surface area contributed by atoms with Crippen LogP contribution in [0.15, 0.2) is 41.3 Å². The van der Waals surface area contributed by atoms with Crippen molar-refractivity contribution < 1.29 is 9.47 Å². The second kappa shape index (κ2) is 7.69. The average molecular weight is 301 g/mol. The first-order chi connectivity index (χ1) is 10.7. The van der Waals surface area contributed by atoms with Gasteiger partial charge < -0.3 is 14.0 Å². The summed E-state index contributed by atoms with van der Waals surface area (Å²) in [7, 11) is 0. The van der Waals surface area contributed by atoms with Crippen molar-refractivity contribution in [1.29, 1.82) is 0 Å². The first kappa shape index (κ1) is 16.1. The molecule has 0 N–H and O–H groups in total. The molecule has 0 unspecified atom stereocenters. The maximum Gasteiger partial charge on any atom is 0.250 e. The van der Waals surface area contributed by atoms with Gasteiger partial charge in [-0.05, 0) is 44.0 Å². The zero-order chi connectivity index (χ0) is 15.9. The molecule has 4 nitrogen and oxygen atoms in total. The minimum atomic E-state index is -0.0295. The Balaban J connectivity index is 2.29. The van der Waals surface area contributed by atoms with E-state index in [4.69, 9.17) is 9.47 Å². The summed E-state index contributed by atoms with van der Waals surface area (Å²) < 4.78 is 13.2. The van der Waals surface area contributed by atoms with Crippen molar-refractivity contribution >= 4 is 0 Å². The van der Waals surface area contributed by atoms with E-state index in [1.807, 2.05) is 26.0 Å². The number of pyridine rings is 1. The Labute approximate surface area is 131 Å². The second-order valence-electron chi connectivity index (χ2n) is 5.06. The predicted octanol–water partition coefficient (Wildman–Crippen LogP) is 4.01. The number of benzene rings is 1. The fraction of sp³-hybridized carbons (Fsp3) is 0.389. The summed E-state index contributed by atoms with van der Waals surface area (Å²) in [6, 6.07) is 9.21. The summed E-state index contributed by atoms with van der Waals surface area (Å²) in [5.74, 6) is 2.04. The van der Waals surface area contributed by atoms with Gasteiger partial charge >= 0.3 is 0 Å². The molecule has 0 aliphatic heterocycles. The molecule has 1 heterocycles. The minimum absolute atomic E-state index is 0.0295. The lowest BCUT2D eigenvalue weighted by molar-refractivity contribution is 0.320. The molecule has 118 valence electrons. The van der Waals surface area contributed by atoms with Crippen molar-refractivity contribution in [2.75, 3.05) is 6.61 Å². The van der Waals surface area contributed by atoms with Gasteiger partial charge in [0.05, 0.1) is 6.61 Å². The predicted molar refractivity (Wildman–Crippen MR) is 88.1 cm³/mol. The van der Waals surface area contributed by atoms with Gasteiger partial charge in [0, 0.05) is 18.8 Å². The van der Waals surface area contributed by atoms with Gasteiger partial charge in [-0.15, -0.1) is 0 Å². The normalized spacial score (nSPS) is 10.5. The molecule has 0 radical (unpaired) electrons. The topological polar surface area (TPSA) is 40.5 Å². The van der Waals surface area contributed by atoms with E-state index in [9.17, 15) is 4.79 Å². The molecule has 0 fully saturated rings. The van der Waals surface area contributed by atoms with Crippen LogP contribution in [0.1, 0.15) is 32.8 Å². The van der Waals surface area contributed by atoms with E-state index in [1.54, 1.807) is 16.8 Å². The van der Waals surface area contributed by atoms with E-state index in [2.05, 4.69) is 13.0 Å². The second-order valence-corrected chi connectivity index (χ2v) is 5.06. The molecule has 0 saturated heterocycles. The molecule has 2 rings (SSSR count). The molecule has 0 aliphatic carbocycles. The fourth-order valence-electron chi connectivity index (χ4n) is 2.29. The van der Waals surface area contributed by atoms with Crippen LogP contribution in [0.3, 0.4) is 0 Å². The Bertz CT molecular complexity index is 676. The Hall–Kier alpha value is -2.23. The molecule has 0 bridgehead atoms. The molecule has 0 saturated carbocycles. The van der Waals surface area contributed by atoms with E-state index < -0.39 is 0 Å². The minimum Gasteiger partial charge on any atom is -0.490 e. The lowest BCUT2D eigenvalue weighted by Crippen LogP contribution is -2.16. The average Bonchev–Trinajstić information content (AvgIpc) is 2.52. The summed E-state index contributed by atoms with van der Waals surface area (Å²) in [5.41, 5.74) is 1.20. The van der Waals surface area contributed by atoms with Crippen LogP contribution in [0.5, 0.6) is 17.2 Å². The number of hydrogen-bond acceptors (Lipinski definition) is 3. The number of hydrogen-bond donors (Lipinski definition) is 0. The largest absolute Gasteiger partial charge is 0.490 e. The van der Waals surface area contributed by atoms with Crippen LogP contribution < -0.4 is 15.0 Å². The highest BCUT2D eigenvalue weighted by molar-refractivity contribution is 5.45. The van der Waals surface area contributed by atoms with E-state index in [0.717, 1.165) is 18.6 Å². The maximum absolute atomic E-state index is 11.6. The fourth-order valence-corrected chi connectivity index (χ4v) is 2.29. The van der Waals surface area contributed by atoms with Gasteiger partial charge in [-0.25, -0.2) is 0 Å². The van der Waals surface area contributed by atoms with Gasteiger partial charge in [0.25, 0.3) is 5.56 Å². The number of aromatic nitrogens is 1. The van der Waals surface area contributed by atoms with Crippen LogP contribution in [-0.2, 0) is 13.0 Å². The van der Waals surface area contributed by atoms with Crippen LogP contribution in [0.2, 0.25) is 0 Å². The first-order valence-electron chi connectivity index (χ1n) is 7.82. The molecule has 22 heavy (non-hydrogen) atoms. The summed E-state index contributed by atoms with van der Waals surface area (Å²) in [6.45, 7) is 7.23. The van der Waals surface area contributed by atoms with E-state index >= 15 is 0 Å². The van der Waals surface area contributed by atoms with E-state index in [0.29, 0.717) is 24.7 Å². The van der Waals surface area contributed by atoms with Crippen molar-refractivity contribution in [2.45, 2.75) is 40.2 Å². The SMILES string of the molecule is CCCc1ccc(Oc2ccc(=O)n(CC)c2)c(OCC)c1. The smallest absolute Gasteiger partial charge is 0.250 e. The molecule has 1 aromatic carbocycles. The standard InChI is InChI=1S/C18H23NO3/c1-4-7-14-8-10-16(17(12-14)21-6-3)22-15-9-11-18(20)19(5-2)13-15/h8-13H,4-7H2,1-3H3. The number of nitrogens with zero attached hydrogens (tertiary/aromatic N) is 1. The molecule has 1 aromatic heterocycles.